The third kappa shape index (κ3) is 3.85. The normalized spacial score (nSPS) is 14.7. The first kappa shape index (κ1) is 23.0. The molecule has 0 bridgehead atoms. The summed E-state index contributed by atoms with van der Waals surface area (Å²) in [5, 5.41) is 0. The van der Waals surface area contributed by atoms with Gasteiger partial charge in [-0.25, -0.2) is 0 Å². The molecular formula is C36H28O. The van der Waals surface area contributed by atoms with Crippen LogP contribution in [0.3, 0.4) is 0 Å². The van der Waals surface area contributed by atoms with Gasteiger partial charge in [0, 0.05) is 18.3 Å². The summed E-state index contributed by atoms with van der Waals surface area (Å²) in [4.78, 5) is 0. The third-order valence-corrected chi connectivity index (χ3v) is 7.19. The molecule has 0 aliphatic heterocycles. The van der Waals surface area contributed by atoms with Gasteiger partial charge in [0.2, 0.25) is 0 Å². The Hall–Kier alpha value is -4.46. The van der Waals surface area contributed by atoms with Crippen molar-refractivity contribution in [3.63, 3.8) is 0 Å². The Bertz CT molecular complexity index is 1450. The van der Waals surface area contributed by atoms with Gasteiger partial charge in [-0.15, -0.1) is 0 Å². The molecule has 1 aliphatic carbocycles. The quantitative estimate of drug-likeness (QED) is 0.238. The van der Waals surface area contributed by atoms with E-state index < -0.39 is 5.60 Å². The lowest BCUT2D eigenvalue weighted by molar-refractivity contribution is 0.0923. The van der Waals surface area contributed by atoms with E-state index in [0.717, 1.165) is 27.8 Å². The van der Waals surface area contributed by atoms with Crippen molar-refractivity contribution in [1.29, 1.82) is 0 Å². The highest BCUT2D eigenvalue weighted by molar-refractivity contribution is 6.31. The fourth-order valence-corrected chi connectivity index (χ4v) is 5.70. The molecule has 0 amide bonds. The zero-order chi connectivity index (χ0) is 25.1. The summed E-state index contributed by atoms with van der Waals surface area (Å²) in [7, 11) is 1.84. The molecule has 0 saturated carbocycles. The molecule has 0 atom stereocenters. The topological polar surface area (TPSA) is 9.23 Å². The van der Waals surface area contributed by atoms with E-state index in [1.54, 1.807) is 0 Å². The molecule has 1 nitrogen and oxygen atoms in total. The second-order valence-corrected chi connectivity index (χ2v) is 9.22. The molecule has 0 N–H and O–H groups in total. The summed E-state index contributed by atoms with van der Waals surface area (Å²) >= 11 is 0. The van der Waals surface area contributed by atoms with Crippen LogP contribution in [-0.4, -0.2) is 7.11 Å². The summed E-state index contributed by atoms with van der Waals surface area (Å²) in [6.07, 6.45) is 0. The number of rotatable bonds is 6. The SMILES string of the molecule is COC1(c2ccccc2)C(c2ccccc2)=C(c2ccccc2)C(c2ccccc2)=C1c1ccccc1. The van der Waals surface area contributed by atoms with E-state index in [2.05, 4.69) is 152 Å². The van der Waals surface area contributed by atoms with Crippen LogP contribution in [0.4, 0.5) is 0 Å². The van der Waals surface area contributed by atoms with Crippen molar-refractivity contribution in [1.82, 2.24) is 0 Å². The molecule has 5 aromatic carbocycles. The lowest BCUT2D eigenvalue weighted by Crippen LogP contribution is -2.30. The molecule has 1 heteroatoms. The second kappa shape index (κ2) is 9.89. The van der Waals surface area contributed by atoms with E-state index >= 15 is 0 Å². The number of ether oxygens (including phenoxy) is 1. The predicted octanol–water partition coefficient (Wildman–Crippen LogP) is 8.76. The Morgan fingerprint density at radius 2 is 0.676 bits per heavy atom. The predicted molar refractivity (Wildman–Crippen MR) is 155 cm³/mol. The van der Waals surface area contributed by atoms with Crippen molar-refractivity contribution < 1.29 is 4.74 Å². The van der Waals surface area contributed by atoms with Gasteiger partial charge in [-0.2, -0.15) is 0 Å². The Morgan fingerprint density at radius 1 is 0.378 bits per heavy atom. The van der Waals surface area contributed by atoms with Crippen LogP contribution < -0.4 is 0 Å². The van der Waals surface area contributed by atoms with Crippen LogP contribution in [0.1, 0.15) is 27.8 Å². The maximum absolute atomic E-state index is 6.81. The Kier molecular flexibility index (Phi) is 6.14. The molecule has 0 spiro atoms. The van der Waals surface area contributed by atoms with E-state index in [4.69, 9.17) is 4.74 Å². The standard InChI is InChI=1S/C36H28O/c1-37-36(31-25-15-6-16-26-31)34(29-21-11-4-12-22-29)32(27-17-7-2-8-18-27)33(28-19-9-3-10-20-28)35(36)30-23-13-5-14-24-30/h2-26H,1H3. The minimum Gasteiger partial charge on any atom is -0.364 e. The van der Waals surface area contributed by atoms with E-state index in [1.165, 1.54) is 22.3 Å². The lowest BCUT2D eigenvalue weighted by Gasteiger charge is -2.36. The van der Waals surface area contributed by atoms with Crippen LogP contribution in [0.15, 0.2) is 152 Å². The van der Waals surface area contributed by atoms with E-state index in [1.807, 2.05) is 7.11 Å². The zero-order valence-electron chi connectivity index (χ0n) is 20.8. The molecule has 37 heavy (non-hydrogen) atoms. The molecule has 5 aromatic rings. The summed E-state index contributed by atoms with van der Waals surface area (Å²) in [6, 6.07) is 53.5. The van der Waals surface area contributed by atoms with Crippen LogP contribution in [0, 0.1) is 0 Å². The Labute approximate surface area is 219 Å². The van der Waals surface area contributed by atoms with Gasteiger partial charge in [0.1, 0.15) is 5.60 Å². The molecule has 0 heterocycles. The van der Waals surface area contributed by atoms with Crippen LogP contribution in [0.25, 0.3) is 22.3 Å². The molecule has 0 fully saturated rings. The van der Waals surface area contributed by atoms with Gasteiger partial charge in [0.05, 0.1) is 0 Å². The first-order valence-electron chi connectivity index (χ1n) is 12.7. The van der Waals surface area contributed by atoms with Crippen molar-refractivity contribution in [3.8, 4) is 0 Å². The van der Waals surface area contributed by atoms with Gasteiger partial charge >= 0.3 is 0 Å². The highest BCUT2D eigenvalue weighted by Crippen LogP contribution is 2.62. The van der Waals surface area contributed by atoms with Crippen molar-refractivity contribution >= 4 is 22.3 Å². The summed E-state index contributed by atoms with van der Waals surface area (Å²) in [5.41, 5.74) is 9.63. The van der Waals surface area contributed by atoms with E-state index in [-0.39, 0.29) is 0 Å². The van der Waals surface area contributed by atoms with Gasteiger partial charge in [-0.3, -0.25) is 0 Å². The van der Waals surface area contributed by atoms with Crippen LogP contribution >= 0.6 is 0 Å². The number of hydrogen-bond donors (Lipinski definition) is 0. The molecule has 178 valence electrons. The maximum Gasteiger partial charge on any atom is 0.145 e. The number of benzene rings is 5. The van der Waals surface area contributed by atoms with Crippen molar-refractivity contribution in [3.05, 3.63) is 179 Å². The Morgan fingerprint density at radius 3 is 1.00 bits per heavy atom. The van der Waals surface area contributed by atoms with E-state index in [9.17, 15) is 0 Å². The minimum absolute atomic E-state index is 0.819. The smallest absolute Gasteiger partial charge is 0.145 e. The molecule has 0 radical (unpaired) electrons. The van der Waals surface area contributed by atoms with Crippen LogP contribution in [0.2, 0.25) is 0 Å². The monoisotopic (exact) mass is 476 g/mol. The van der Waals surface area contributed by atoms with Gasteiger partial charge in [0.15, 0.2) is 0 Å². The van der Waals surface area contributed by atoms with Gasteiger partial charge in [0.25, 0.3) is 0 Å². The molecule has 0 saturated heterocycles. The first-order chi connectivity index (χ1) is 18.3. The maximum atomic E-state index is 6.81. The number of hydrogen-bond acceptors (Lipinski definition) is 1. The van der Waals surface area contributed by atoms with E-state index in [0.29, 0.717) is 0 Å². The van der Waals surface area contributed by atoms with Crippen molar-refractivity contribution in [2.45, 2.75) is 5.60 Å². The Balaban J connectivity index is 1.85. The minimum atomic E-state index is -0.819. The summed E-state index contributed by atoms with van der Waals surface area (Å²) < 4.78 is 6.81. The fraction of sp³-hybridized carbons (Fsp3) is 0.0556. The average Bonchev–Trinajstić information content (AvgIpc) is 3.31. The van der Waals surface area contributed by atoms with Gasteiger partial charge in [-0.1, -0.05) is 152 Å². The first-order valence-corrected chi connectivity index (χ1v) is 12.7. The number of allylic oxidation sites excluding steroid dienone is 2. The number of methoxy groups -OCH3 is 1. The van der Waals surface area contributed by atoms with Gasteiger partial charge in [-0.05, 0) is 39.0 Å². The highest BCUT2D eigenvalue weighted by Gasteiger charge is 2.50. The highest BCUT2D eigenvalue weighted by atomic mass is 16.5. The van der Waals surface area contributed by atoms with Crippen molar-refractivity contribution in [2.24, 2.45) is 0 Å². The molecule has 6 rings (SSSR count). The molecule has 0 aromatic heterocycles. The van der Waals surface area contributed by atoms with Crippen molar-refractivity contribution in [2.75, 3.05) is 7.11 Å². The summed E-state index contributed by atoms with van der Waals surface area (Å²) in [6.45, 7) is 0. The van der Waals surface area contributed by atoms with Crippen LogP contribution in [0.5, 0.6) is 0 Å². The molecular weight excluding hydrogens is 448 g/mol. The second-order valence-electron chi connectivity index (χ2n) is 9.22. The zero-order valence-corrected chi connectivity index (χ0v) is 20.8. The third-order valence-electron chi connectivity index (χ3n) is 7.19. The summed E-state index contributed by atoms with van der Waals surface area (Å²) in [5.74, 6) is 0. The van der Waals surface area contributed by atoms with Gasteiger partial charge < -0.3 is 4.74 Å². The fourth-order valence-electron chi connectivity index (χ4n) is 5.70. The molecule has 1 aliphatic rings. The largest absolute Gasteiger partial charge is 0.364 e. The molecule has 0 unspecified atom stereocenters. The van der Waals surface area contributed by atoms with Crippen LogP contribution in [-0.2, 0) is 10.3 Å². The average molecular weight is 477 g/mol. The lowest BCUT2D eigenvalue weighted by atomic mass is 9.76.